The van der Waals surface area contributed by atoms with Crippen molar-refractivity contribution >= 4 is 27.9 Å². The number of ether oxygens (including phenoxy) is 2. The predicted molar refractivity (Wildman–Crippen MR) is 119 cm³/mol. The number of rotatable bonds is 9. The van der Waals surface area contributed by atoms with Crippen molar-refractivity contribution in [3.05, 3.63) is 69.7 Å². The fourth-order valence-electron chi connectivity index (χ4n) is 3.71. The van der Waals surface area contributed by atoms with Gasteiger partial charge in [0.15, 0.2) is 0 Å². The lowest BCUT2D eigenvalue weighted by molar-refractivity contribution is -0.132. The van der Waals surface area contributed by atoms with Gasteiger partial charge in [0.25, 0.3) is 0 Å². The van der Waals surface area contributed by atoms with Gasteiger partial charge in [0, 0.05) is 11.1 Å². The zero-order chi connectivity index (χ0) is 21.5. The predicted octanol–water partition coefficient (Wildman–Crippen LogP) is 5.25. The lowest BCUT2D eigenvalue weighted by Gasteiger charge is -2.26. The van der Waals surface area contributed by atoms with Crippen molar-refractivity contribution < 1.29 is 19.1 Å². The van der Waals surface area contributed by atoms with Gasteiger partial charge in [0.05, 0.1) is 18.6 Å². The second-order valence-corrected chi connectivity index (χ2v) is 8.53. The van der Waals surface area contributed by atoms with Crippen molar-refractivity contribution in [3.8, 4) is 0 Å². The molecule has 0 aromatic heterocycles. The number of carbonyl (C=O) groups excluding carboxylic acids is 2. The second kappa shape index (κ2) is 10.7. The number of hydrogen-bond acceptors (Lipinski definition) is 4. The maximum atomic E-state index is 13.6. The van der Waals surface area contributed by atoms with Crippen molar-refractivity contribution in [2.75, 3.05) is 19.8 Å². The van der Waals surface area contributed by atoms with E-state index in [0.29, 0.717) is 13.0 Å². The van der Waals surface area contributed by atoms with Crippen molar-refractivity contribution in [2.45, 2.75) is 45.1 Å². The molecular formula is C24H28BrNO4. The monoisotopic (exact) mass is 473 g/mol. The van der Waals surface area contributed by atoms with Crippen LogP contribution in [0, 0.1) is 6.92 Å². The molecule has 0 bridgehead atoms. The first kappa shape index (κ1) is 22.5. The van der Waals surface area contributed by atoms with E-state index in [1.807, 2.05) is 55.5 Å². The number of carbonyl (C=O) groups is 2. The summed E-state index contributed by atoms with van der Waals surface area (Å²) in [5, 5.41) is 0. The Kier molecular flexibility index (Phi) is 8.05. The van der Waals surface area contributed by atoms with Crippen LogP contribution in [0.4, 0.5) is 4.79 Å². The average Bonchev–Trinajstić information content (AvgIpc) is 3.09. The van der Waals surface area contributed by atoms with Crippen molar-refractivity contribution in [1.82, 2.24) is 4.90 Å². The molecule has 1 heterocycles. The topological polar surface area (TPSA) is 55.8 Å². The molecule has 0 saturated carbocycles. The van der Waals surface area contributed by atoms with Crippen LogP contribution >= 0.6 is 15.9 Å². The van der Waals surface area contributed by atoms with Crippen molar-refractivity contribution in [3.63, 3.8) is 0 Å². The molecule has 0 spiro atoms. The molecule has 160 valence electrons. The van der Waals surface area contributed by atoms with Gasteiger partial charge >= 0.3 is 6.09 Å². The van der Waals surface area contributed by atoms with Crippen molar-refractivity contribution in [2.24, 2.45) is 0 Å². The van der Waals surface area contributed by atoms with E-state index in [4.69, 9.17) is 9.47 Å². The van der Waals surface area contributed by atoms with E-state index < -0.39 is 12.0 Å². The number of nitrogens with zero attached hydrogens (tertiary/aromatic N) is 1. The van der Waals surface area contributed by atoms with Crippen LogP contribution in [0.15, 0.2) is 53.0 Å². The summed E-state index contributed by atoms with van der Waals surface area (Å²) in [6.45, 7) is 5.11. The van der Waals surface area contributed by atoms with E-state index in [1.165, 1.54) is 4.90 Å². The number of hydrogen-bond donors (Lipinski definition) is 0. The van der Waals surface area contributed by atoms with Crippen molar-refractivity contribution in [1.29, 1.82) is 0 Å². The molecular weight excluding hydrogens is 446 g/mol. The molecule has 2 aromatic carbocycles. The molecule has 2 aromatic rings. The Bertz CT molecular complexity index is 871. The first-order valence-corrected chi connectivity index (χ1v) is 11.2. The normalized spacial score (nSPS) is 17.1. The Morgan fingerprint density at radius 1 is 1.27 bits per heavy atom. The minimum atomic E-state index is -0.575. The van der Waals surface area contributed by atoms with Gasteiger partial charge in [-0.2, -0.15) is 0 Å². The molecule has 2 amide bonds. The molecule has 3 rings (SSSR count). The number of cyclic esters (lactones) is 1. The molecule has 1 aliphatic rings. The number of halogens is 1. The largest absolute Gasteiger partial charge is 0.447 e. The highest BCUT2D eigenvalue weighted by Crippen LogP contribution is 2.29. The van der Waals surface area contributed by atoms with Crippen LogP contribution in [0.3, 0.4) is 0 Å². The Labute approximate surface area is 186 Å². The Balaban J connectivity index is 1.84. The van der Waals surface area contributed by atoms with Gasteiger partial charge in [-0.25, -0.2) is 9.69 Å². The molecule has 1 fully saturated rings. The van der Waals surface area contributed by atoms with Gasteiger partial charge in [0.1, 0.15) is 6.61 Å². The van der Waals surface area contributed by atoms with Gasteiger partial charge in [-0.1, -0.05) is 65.7 Å². The molecule has 0 N–H and O–H groups in total. The number of aryl methyl sites for hydroxylation is 1. The summed E-state index contributed by atoms with van der Waals surface area (Å²) in [4.78, 5) is 27.4. The first-order chi connectivity index (χ1) is 14.5. The van der Waals surface area contributed by atoms with E-state index in [0.717, 1.165) is 34.0 Å². The zero-order valence-electron chi connectivity index (χ0n) is 17.5. The maximum Gasteiger partial charge on any atom is 0.417 e. The number of benzene rings is 2. The van der Waals surface area contributed by atoms with Gasteiger partial charge in [0.2, 0.25) is 5.91 Å². The fourth-order valence-corrected chi connectivity index (χ4v) is 4.18. The Morgan fingerprint density at radius 2 is 2.03 bits per heavy atom. The van der Waals surface area contributed by atoms with Gasteiger partial charge in [-0.15, -0.1) is 0 Å². The highest BCUT2D eigenvalue weighted by molar-refractivity contribution is 9.10. The van der Waals surface area contributed by atoms with E-state index >= 15 is 0 Å². The molecule has 0 aliphatic carbocycles. The van der Waals surface area contributed by atoms with E-state index in [9.17, 15) is 9.59 Å². The number of amides is 2. The quantitative estimate of drug-likeness (QED) is 0.466. The highest BCUT2D eigenvalue weighted by atomic mass is 79.9. The van der Waals surface area contributed by atoms with Crippen LogP contribution in [-0.4, -0.2) is 42.8 Å². The van der Waals surface area contributed by atoms with Crippen LogP contribution in [0.5, 0.6) is 0 Å². The van der Waals surface area contributed by atoms with Gasteiger partial charge in [-0.05, 0) is 48.6 Å². The summed E-state index contributed by atoms with van der Waals surface area (Å²) in [6, 6.07) is 15.3. The molecule has 30 heavy (non-hydrogen) atoms. The smallest absolute Gasteiger partial charge is 0.417 e. The standard InChI is InChI=1S/C24H28BrNO4/c1-3-4-12-29-16-22(21-11-10-19(25)13-17(21)2)23(27)26-20(15-30-24(26)28)14-18-8-6-5-7-9-18/h5-11,13,20,22H,3-4,12,14-16H2,1-2H3/t20-,22-/m0/s1. The minimum absolute atomic E-state index is 0.211. The summed E-state index contributed by atoms with van der Waals surface area (Å²) in [5.74, 6) is -0.820. The molecule has 2 atom stereocenters. The van der Waals surface area contributed by atoms with E-state index in [2.05, 4.69) is 22.9 Å². The fraction of sp³-hybridized carbons (Fsp3) is 0.417. The van der Waals surface area contributed by atoms with Crippen LogP contribution in [0.2, 0.25) is 0 Å². The SMILES string of the molecule is CCCCOC[C@H](C(=O)N1C(=O)OC[C@@H]1Cc1ccccc1)c1ccc(Br)cc1C. The summed E-state index contributed by atoms with van der Waals surface area (Å²) in [7, 11) is 0. The second-order valence-electron chi connectivity index (χ2n) is 7.61. The van der Waals surface area contributed by atoms with E-state index in [1.54, 1.807) is 0 Å². The lowest BCUT2D eigenvalue weighted by Crippen LogP contribution is -2.44. The molecule has 1 aliphatic heterocycles. The zero-order valence-corrected chi connectivity index (χ0v) is 19.1. The van der Waals surface area contributed by atoms with Crippen LogP contribution in [0.1, 0.15) is 42.4 Å². The Morgan fingerprint density at radius 3 is 2.73 bits per heavy atom. The molecule has 5 nitrogen and oxygen atoms in total. The number of unbranched alkanes of at least 4 members (excludes halogenated alkanes) is 1. The van der Waals surface area contributed by atoms with Crippen LogP contribution in [-0.2, 0) is 20.7 Å². The van der Waals surface area contributed by atoms with Crippen LogP contribution in [0.25, 0.3) is 0 Å². The Hall–Kier alpha value is -2.18. The van der Waals surface area contributed by atoms with Gasteiger partial charge < -0.3 is 9.47 Å². The summed E-state index contributed by atoms with van der Waals surface area (Å²) in [6.07, 6.45) is 1.95. The third kappa shape index (κ3) is 5.49. The average molecular weight is 474 g/mol. The molecule has 1 saturated heterocycles. The summed E-state index contributed by atoms with van der Waals surface area (Å²) < 4.78 is 12.1. The summed E-state index contributed by atoms with van der Waals surface area (Å²) >= 11 is 3.48. The maximum absolute atomic E-state index is 13.6. The molecule has 0 radical (unpaired) electrons. The molecule has 0 unspecified atom stereocenters. The number of imide groups is 1. The molecule has 6 heteroatoms. The van der Waals surface area contributed by atoms with Gasteiger partial charge in [-0.3, -0.25) is 4.79 Å². The minimum Gasteiger partial charge on any atom is -0.447 e. The summed E-state index contributed by atoms with van der Waals surface area (Å²) in [5.41, 5.74) is 2.92. The first-order valence-electron chi connectivity index (χ1n) is 10.4. The highest BCUT2D eigenvalue weighted by Gasteiger charge is 2.41. The van der Waals surface area contributed by atoms with E-state index in [-0.39, 0.29) is 25.2 Å². The third-order valence-electron chi connectivity index (χ3n) is 5.34. The third-order valence-corrected chi connectivity index (χ3v) is 5.84. The van der Waals surface area contributed by atoms with Crippen LogP contribution < -0.4 is 0 Å². The lowest BCUT2D eigenvalue weighted by atomic mass is 9.93.